The number of nitrogens with one attached hydrogen (secondary N) is 2. The molecule has 4 nitrogen and oxygen atoms in total. The smallest absolute Gasteiger partial charge is 0.315 e. The average molecular weight is 250 g/mol. The van der Waals surface area contributed by atoms with Crippen molar-refractivity contribution >= 4 is 6.03 Å². The van der Waals surface area contributed by atoms with Crippen LogP contribution in [0, 0.1) is 6.92 Å². The molecule has 0 aliphatic rings. The van der Waals surface area contributed by atoms with Crippen LogP contribution in [-0.4, -0.2) is 25.7 Å². The Balaban J connectivity index is 2.58. The van der Waals surface area contributed by atoms with Crippen LogP contribution in [-0.2, 0) is 4.74 Å². The van der Waals surface area contributed by atoms with E-state index in [9.17, 15) is 4.79 Å². The van der Waals surface area contributed by atoms with Gasteiger partial charge in [-0.2, -0.15) is 0 Å². The molecule has 0 saturated carbocycles. The SMILES string of the molecule is COC(CNC(=O)NC(C)C)c1ccccc1C. The number of rotatable bonds is 5. The third-order valence-electron chi connectivity index (χ3n) is 2.69. The lowest BCUT2D eigenvalue weighted by molar-refractivity contribution is 0.103. The summed E-state index contributed by atoms with van der Waals surface area (Å²) in [6, 6.07) is 7.98. The van der Waals surface area contributed by atoms with E-state index in [0.29, 0.717) is 6.54 Å². The van der Waals surface area contributed by atoms with Gasteiger partial charge in [0.15, 0.2) is 0 Å². The first-order chi connectivity index (χ1) is 8.54. The van der Waals surface area contributed by atoms with E-state index in [1.54, 1.807) is 7.11 Å². The summed E-state index contributed by atoms with van der Waals surface area (Å²) in [5, 5.41) is 5.60. The van der Waals surface area contributed by atoms with Crippen LogP contribution in [0.5, 0.6) is 0 Å². The van der Waals surface area contributed by atoms with Gasteiger partial charge in [0.1, 0.15) is 0 Å². The highest BCUT2D eigenvalue weighted by atomic mass is 16.5. The fourth-order valence-electron chi connectivity index (χ4n) is 1.77. The lowest BCUT2D eigenvalue weighted by Gasteiger charge is -2.19. The Morgan fingerprint density at radius 3 is 2.56 bits per heavy atom. The van der Waals surface area contributed by atoms with Crippen molar-refractivity contribution in [3.05, 3.63) is 35.4 Å². The monoisotopic (exact) mass is 250 g/mol. The summed E-state index contributed by atoms with van der Waals surface area (Å²) < 4.78 is 5.43. The highest BCUT2D eigenvalue weighted by Gasteiger charge is 2.13. The zero-order valence-electron chi connectivity index (χ0n) is 11.5. The number of hydrogen-bond donors (Lipinski definition) is 2. The van der Waals surface area contributed by atoms with Crippen molar-refractivity contribution in [2.24, 2.45) is 0 Å². The quantitative estimate of drug-likeness (QED) is 0.843. The third kappa shape index (κ3) is 4.37. The Kier molecular flexibility index (Phi) is 5.65. The number of carbonyl (C=O) groups excluding carboxylic acids is 1. The van der Waals surface area contributed by atoms with E-state index in [1.165, 1.54) is 0 Å². The molecule has 18 heavy (non-hydrogen) atoms. The number of aryl methyl sites for hydroxylation is 1. The fourth-order valence-corrected chi connectivity index (χ4v) is 1.77. The minimum Gasteiger partial charge on any atom is -0.375 e. The van der Waals surface area contributed by atoms with Crippen LogP contribution < -0.4 is 10.6 Å². The molecular weight excluding hydrogens is 228 g/mol. The van der Waals surface area contributed by atoms with Gasteiger partial charge >= 0.3 is 6.03 Å². The second-order valence-corrected chi connectivity index (χ2v) is 4.59. The van der Waals surface area contributed by atoms with Crippen molar-refractivity contribution in [1.29, 1.82) is 0 Å². The standard InChI is InChI=1S/C14H22N2O2/c1-10(2)16-14(17)15-9-13(18-4)12-8-6-5-7-11(12)3/h5-8,10,13H,9H2,1-4H3,(H2,15,16,17). The number of methoxy groups -OCH3 is 1. The van der Waals surface area contributed by atoms with Gasteiger partial charge in [-0.3, -0.25) is 0 Å². The van der Waals surface area contributed by atoms with Crippen molar-refractivity contribution in [3.63, 3.8) is 0 Å². The van der Waals surface area contributed by atoms with Crippen LogP contribution in [0.25, 0.3) is 0 Å². The Morgan fingerprint density at radius 2 is 2.00 bits per heavy atom. The minimum atomic E-state index is -0.166. The summed E-state index contributed by atoms with van der Waals surface area (Å²) in [7, 11) is 1.65. The lowest BCUT2D eigenvalue weighted by atomic mass is 10.0. The van der Waals surface area contributed by atoms with E-state index in [4.69, 9.17) is 4.74 Å². The van der Waals surface area contributed by atoms with Crippen LogP contribution in [0.15, 0.2) is 24.3 Å². The maximum absolute atomic E-state index is 11.5. The Bertz CT molecular complexity index is 391. The van der Waals surface area contributed by atoms with Crippen molar-refractivity contribution < 1.29 is 9.53 Å². The largest absolute Gasteiger partial charge is 0.375 e. The molecule has 0 aliphatic carbocycles. The number of carbonyl (C=O) groups is 1. The normalized spacial score (nSPS) is 12.3. The summed E-state index contributed by atoms with van der Waals surface area (Å²) in [4.78, 5) is 11.5. The van der Waals surface area contributed by atoms with E-state index in [2.05, 4.69) is 10.6 Å². The van der Waals surface area contributed by atoms with Gasteiger partial charge in [-0.25, -0.2) is 4.79 Å². The topological polar surface area (TPSA) is 50.4 Å². The molecule has 1 aromatic carbocycles. The van der Waals surface area contributed by atoms with Crippen molar-refractivity contribution in [2.75, 3.05) is 13.7 Å². The summed E-state index contributed by atoms with van der Waals surface area (Å²) in [5.41, 5.74) is 2.26. The van der Waals surface area contributed by atoms with Crippen LogP contribution in [0.4, 0.5) is 4.79 Å². The van der Waals surface area contributed by atoms with Crippen molar-refractivity contribution in [3.8, 4) is 0 Å². The predicted octanol–water partition coefficient (Wildman–Crippen LogP) is 2.39. The van der Waals surface area contributed by atoms with E-state index >= 15 is 0 Å². The summed E-state index contributed by atoms with van der Waals surface area (Å²) in [5.74, 6) is 0. The highest BCUT2D eigenvalue weighted by Crippen LogP contribution is 2.19. The molecule has 1 aromatic rings. The second kappa shape index (κ2) is 7.01. The maximum Gasteiger partial charge on any atom is 0.315 e. The van der Waals surface area contributed by atoms with Gasteiger partial charge in [0.05, 0.1) is 6.10 Å². The number of benzene rings is 1. The first-order valence-corrected chi connectivity index (χ1v) is 6.17. The van der Waals surface area contributed by atoms with Gasteiger partial charge < -0.3 is 15.4 Å². The number of urea groups is 1. The molecule has 2 amide bonds. The molecule has 100 valence electrons. The Labute approximate surface area is 109 Å². The van der Waals surface area contributed by atoms with Crippen LogP contribution in [0.2, 0.25) is 0 Å². The van der Waals surface area contributed by atoms with E-state index < -0.39 is 0 Å². The first-order valence-electron chi connectivity index (χ1n) is 6.17. The molecule has 0 heterocycles. The summed E-state index contributed by atoms with van der Waals surface area (Å²) in [6.07, 6.45) is -0.121. The molecule has 0 saturated heterocycles. The highest BCUT2D eigenvalue weighted by molar-refractivity contribution is 5.74. The number of amides is 2. The molecular formula is C14H22N2O2. The molecule has 0 spiro atoms. The Morgan fingerprint density at radius 1 is 1.33 bits per heavy atom. The average Bonchev–Trinajstić information content (AvgIpc) is 2.31. The summed E-state index contributed by atoms with van der Waals surface area (Å²) >= 11 is 0. The molecule has 4 heteroatoms. The second-order valence-electron chi connectivity index (χ2n) is 4.59. The zero-order valence-corrected chi connectivity index (χ0v) is 11.5. The molecule has 0 radical (unpaired) electrons. The molecule has 0 bridgehead atoms. The van der Waals surface area contributed by atoms with Crippen LogP contribution >= 0.6 is 0 Å². The van der Waals surface area contributed by atoms with Crippen LogP contribution in [0.1, 0.15) is 31.1 Å². The molecule has 1 unspecified atom stereocenters. The van der Waals surface area contributed by atoms with E-state index in [-0.39, 0.29) is 18.2 Å². The lowest BCUT2D eigenvalue weighted by Crippen LogP contribution is -2.41. The zero-order chi connectivity index (χ0) is 13.5. The van der Waals surface area contributed by atoms with Gasteiger partial charge in [-0.1, -0.05) is 24.3 Å². The first kappa shape index (κ1) is 14.5. The molecule has 1 atom stereocenters. The van der Waals surface area contributed by atoms with Crippen LogP contribution in [0.3, 0.4) is 0 Å². The van der Waals surface area contributed by atoms with Gasteiger partial charge in [0, 0.05) is 19.7 Å². The minimum absolute atomic E-state index is 0.121. The molecule has 2 N–H and O–H groups in total. The van der Waals surface area contributed by atoms with Crippen molar-refractivity contribution in [1.82, 2.24) is 10.6 Å². The Hall–Kier alpha value is -1.55. The van der Waals surface area contributed by atoms with Gasteiger partial charge in [-0.15, -0.1) is 0 Å². The molecule has 0 aromatic heterocycles. The number of hydrogen-bond acceptors (Lipinski definition) is 2. The number of ether oxygens (including phenoxy) is 1. The van der Waals surface area contributed by atoms with E-state index in [1.807, 2.05) is 45.0 Å². The molecule has 0 fully saturated rings. The van der Waals surface area contributed by atoms with Gasteiger partial charge in [0.25, 0.3) is 0 Å². The molecule has 1 rings (SSSR count). The predicted molar refractivity (Wildman–Crippen MR) is 72.6 cm³/mol. The van der Waals surface area contributed by atoms with Crippen molar-refractivity contribution in [2.45, 2.75) is 32.9 Å². The summed E-state index contributed by atoms with van der Waals surface area (Å²) in [6.45, 7) is 6.35. The maximum atomic E-state index is 11.5. The van der Waals surface area contributed by atoms with Gasteiger partial charge in [-0.05, 0) is 31.9 Å². The third-order valence-corrected chi connectivity index (χ3v) is 2.69. The fraction of sp³-hybridized carbons (Fsp3) is 0.500. The van der Waals surface area contributed by atoms with Gasteiger partial charge in [0.2, 0.25) is 0 Å². The molecule has 0 aliphatic heterocycles. The van der Waals surface area contributed by atoms with E-state index in [0.717, 1.165) is 11.1 Å².